The van der Waals surface area contributed by atoms with Crippen LogP contribution in [0.5, 0.6) is 0 Å². The molecule has 2 aromatic rings. The van der Waals surface area contributed by atoms with E-state index in [4.69, 9.17) is 9.15 Å². The molecule has 3 rings (SSSR count). The number of aryl methyl sites for hydroxylation is 1. The third kappa shape index (κ3) is 2.41. The lowest BCUT2D eigenvalue weighted by Crippen LogP contribution is -2.24. The van der Waals surface area contributed by atoms with Crippen molar-refractivity contribution in [2.75, 3.05) is 6.61 Å². The van der Waals surface area contributed by atoms with Crippen molar-refractivity contribution in [1.82, 2.24) is 9.97 Å². The molecule has 0 radical (unpaired) electrons. The van der Waals surface area contributed by atoms with Crippen molar-refractivity contribution in [3.05, 3.63) is 40.1 Å². The molecule has 0 aliphatic carbocycles. The van der Waals surface area contributed by atoms with Crippen LogP contribution in [0.2, 0.25) is 0 Å². The first-order valence-corrected chi connectivity index (χ1v) is 6.90. The second kappa shape index (κ2) is 5.25. The summed E-state index contributed by atoms with van der Waals surface area (Å²) in [5, 5.41) is 0. The van der Waals surface area contributed by atoms with E-state index in [1.807, 2.05) is 6.92 Å². The first kappa shape index (κ1) is 13.1. The van der Waals surface area contributed by atoms with Gasteiger partial charge in [0.25, 0.3) is 0 Å². The van der Waals surface area contributed by atoms with E-state index in [1.165, 1.54) is 6.26 Å². The van der Waals surface area contributed by atoms with Crippen molar-refractivity contribution >= 4 is 0 Å². The maximum Gasteiger partial charge on any atom is 0.231 e. The topological polar surface area (TPSA) is 68.1 Å². The number of H-pyrrole nitrogens is 1. The molecule has 1 saturated heterocycles. The number of hydrogen-bond donors (Lipinski definition) is 1. The van der Waals surface area contributed by atoms with Gasteiger partial charge in [-0.2, -0.15) is 0 Å². The monoisotopic (exact) mass is 274 g/mol. The maximum absolute atomic E-state index is 12.3. The van der Waals surface area contributed by atoms with Gasteiger partial charge in [-0.05, 0) is 26.7 Å². The fourth-order valence-corrected chi connectivity index (χ4v) is 2.67. The minimum atomic E-state index is -0.0580. The van der Waals surface area contributed by atoms with Gasteiger partial charge in [0.15, 0.2) is 5.43 Å². The van der Waals surface area contributed by atoms with E-state index in [0.29, 0.717) is 24.2 Å². The van der Waals surface area contributed by atoms with Gasteiger partial charge in [0.1, 0.15) is 11.8 Å². The molecule has 0 aromatic carbocycles. The minimum Gasteiger partial charge on any atom is -0.444 e. The summed E-state index contributed by atoms with van der Waals surface area (Å²) >= 11 is 0. The molecular weight excluding hydrogens is 256 g/mol. The highest BCUT2D eigenvalue weighted by atomic mass is 16.5. The van der Waals surface area contributed by atoms with Crippen molar-refractivity contribution in [3.8, 4) is 11.5 Å². The molecule has 5 heteroatoms. The lowest BCUT2D eigenvalue weighted by Gasteiger charge is -2.27. The van der Waals surface area contributed by atoms with Crippen molar-refractivity contribution in [1.29, 1.82) is 0 Å². The van der Waals surface area contributed by atoms with E-state index < -0.39 is 0 Å². The van der Waals surface area contributed by atoms with Crippen molar-refractivity contribution in [2.45, 2.75) is 38.7 Å². The summed E-state index contributed by atoms with van der Waals surface area (Å²) in [6.45, 7) is 4.61. The Kier molecular flexibility index (Phi) is 3.44. The Morgan fingerprint density at radius 2 is 2.25 bits per heavy atom. The number of pyridine rings is 1. The molecule has 20 heavy (non-hydrogen) atoms. The van der Waals surface area contributed by atoms with Gasteiger partial charge in [0.05, 0.1) is 18.9 Å². The van der Waals surface area contributed by atoms with Crippen LogP contribution in [0.4, 0.5) is 0 Å². The van der Waals surface area contributed by atoms with Crippen LogP contribution in [0.3, 0.4) is 0 Å². The number of hydrogen-bond acceptors (Lipinski definition) is 4. The quantitative estimate of drug-likeness (QED) is 0.914. The zero-order valence-electron chi connectivity index (χ0n) is 11.7. The normalized spacial score (nSPS) is 22.9. The van der Waals surface area contributed by atoms with E-state index in [2.05, 4.69) is 16.9 Å². The molecular formula is C15H18N2O3. The molecule has 0 bridgehead atoms. The molecule has 2 unspecified atom stereocenters. The van der Waals surface area contributed by atoms with Crippen molar-refractivity contribution < 1.29 is 9.15 Å². The number of aromatic nitrogens is 2. The van der Waals surface area contributed by atoms with Gasteiger partial charge in [0.2, 0.25) is 5.89 Å². The first-order valence-electron chi connectivity index (χ1n) is 6.90. The lowest BCUT2D eigenvalue weighted by atomic mass is 9.94. The largest absolute Gasteiger partial charge is 0.444 e. The Balaban J connectivity index is 1.94. The lowest BCUT2D eigenvalue weighted by molar-refractivity contribution is 0.0146. The Labute approximate surface area is 117 Å². The molecule has 2 aromatic heterocycles. The third-order valence-corrected chi connectivity index (χ3v) is 3.83. The second-order valence-corrected chi connectivity index (χ2v) is 5.34. The predicted molar refractivity (Wildman–Crippen MR) is 74.7 cm³/mol. The van der Waals surface area contributed by atoms with Crippen molar-refractivity contribution in [2.24, 2.45) is 0 Å². The van der Waals surface area contributed by atoms with E-state index >= 15 is 0 Å². The standard InChI is InChI=1S/C15H18N2O3/c1-9-3-4-11(8-20-9)12-7-13(18)14(10(2)17-12)15-16-5-6-19-15/h5-7,9,11H,3-4,8H2,1-2H3,(H,17,18). The van der Waals surface area contributed by atoms with Crippen LogP contribution in [0.1, 0.15) is 37.1 Å². The summed E-state index contributed by atoms with van der Waals surface area (Å²) < 4.78 is 10.9. The summed E-state index contributed by atoms with van der Waals surface area (Å²) in [5.74, 6) is 0.625. The van der Waals surface area contributed by atoms with Crippen LogP contribution in [0, 0.1) is 6.92 Å². The van der Waals surface area contributed by atoms with E-state index in [9.17, 15) is 4.79 Å². The zero-order valence-corrected chi connectivity index (χ0v) is 11.7. The van der Waals surface area contributed by atoms with Gasteiger partial charge in [0, 0.05) is 23.4 Å². The molecule has 1 N–H and O–H groups in total. The summed E-state index contributed by atoms with van der Waals surface area (Å²) in [6.07, 6.45) is 5.38. The zero-order chi connectivity index (χ0) is 14.1. The van der Waals surface area contributed by atoms with Crippen molar-refractivity contribution in [3.63, 3.8) is 0 Å². The van der Waals surface area contributed by atoms with Crippen LogP contribution < -0.4 is 5.43 Å². The third-order valence-electron chi connectivity index (χ3n) is 3.83. The van der Waals surface area contributed by atoms with Gasteiger partial charge in [-0.1, -0.05) is 0 Å². The number of oxazole rings is 1. The molecule has 106 valence electrons. The summed E-state index contributed by atoms with van der Waals surface area (Å²) in [5.41, 5.74) is 2.17. The summed E-state index contributed by atoms with van der Waals surface area (Å²) in [6, 6.07) is 1.65. The predicted octanol–water partition coefficient (Wildman–Crippen LogP) is 2.62. The average molecular weight is 274 g/mol. The average Bonchev–Trinajstić information content (AvgIpc) is 2.92. The SMILES string of the molecule is Cc1[nH]c(C2CCC(C)OC2)cc(=O)c1-c1ncco1. The van der Waals surface area contributed by atoms with Crippen LogP contribution >= 0.6 is 0 Å². The van der Waals surface area contributed by atoms with Crippen LogP contribution in [0.15, 0.2) is 27.7 Å². The number of aromatic amines is 1. The highest BCUT2D eigenvalue weighted by Crippen LogP contribution is 2.27. The molecule has 5 nitrogen and oxygen atoms in total. The van der Waals surface area contributed by atoms with Gasteiger partial charge >= 0.3 is 0 Å². The van der Waals surface area contributed by atoms with E-state index in [0.717, 1.165) is 24.2 Å². The minimum absolute atomic E-state index is 0.0580. The van der Waals surface area contributed by atoms with Gasteiger partial charge in [-0.15, -0.1) is 0 Å². The number of rotatable bonds is 2. The second-order valence-electron chi connectivity index (χ2n) is 5.34. The van der Waals surface area contributed by atoms with Crippen LogP contribution in [0.25, 0.3) is 11.5 Å². The van der Waals surface area contributed by atoms with Gasteiger partial charge in [-0.3, -0.25) is 4.79 Å². The molecule has 1 aliphatic heterocycles. The summed E-state index contributed by atoms with van der Waals surface area (Å²) in [4.78, 5) is 19.7. The Morgan fingerprint density at radius 3 is 2.85 bits per heavy atom. The highest BCUT2D eigenvalue weighted by Gasteiger charge is 2.22. The van der Waals surface area contributed by atoms with Crippen LogP contribution in [-0.4, -0.2) is 22.7 Å². The van der Waals surface area contributed by atoms with Gasteiger partial charge < -0.3 is 14.1 Å². The highest BCUT2D eigenvalue weighted by molar-refractivity contribution is 5.56. The summed E-state index contributed by atoms with van der Waals surface area (Å²) in [7, 11) is 0. The molecule has 0 saturated carbocycles. The fraction of sp³-hybridized carbons (Fsp3) is 0.467. The first-order chi connectivity index (χ1) is 9.65. The molecule has 0 amide bonds. The Bertz CT molecular complexity index is 638. The van der Waals surface area contributed by atoms with E-state index in [-0.39, 0.29) is 11.3 Å². The fourth-order valence-electron chi connectivity index (χ4n) is 2.67. The molecule has 1 fully saturated rings. The van der Waals surface area contributed by atoms with E-state index in [1.54, 1.807) is 12.3 Å². The van der Waals surface area contributed by atoms with Crippen LogP contribution in [-0.2, 0) is 4.74 Å². The molecule has 1 aliphatic rings. The smallest absolute Gasteiger partial charge is 0.231 e. The Morgan fingerprint density at radius 1 is 1.40 bits per heavy atom. The number of nitrogens with one attached hydrogen (secondary N) is 1. The Hall–Kier alpha value is -1.88. The molecule has 2 atom stereocenters. The van der Waals surface area contributed by atoms with Gasteiger partial charge in [-0.25, -0.2) is 4.98 Å². The maximum atomic E-state index is 12.3. The number of ether oxygens (including phenoxy) is 1. The molecule has 3 heterocycles. The number of nitrogens with zero attached hydrogens (tertiary/aromatic N) is 1. The molecule has 0 spiro atoms.